The molecule has 0 aliphatic rings. The van der Waals surface area contributed by atoms with Crippen LogP contribution in [0, 0.1) is 20.8 Å². The lowest BCUT2D eigenvalue weighted by atomic mass is 10.1. The number of nitrogens with zero attached hydrogens (tertiary/aromatic N) is 3. The number of hydrogen-bond acceptors (Lipinski definition) is 4. The van der Waals surface area contributed by atoms with Crippen molar-refractivity contribution in [2.45, 2.75) is 40.8 Å². The summed E-state index contributed by atoms with van der Waals surface area (Å²) in [7, 11) is 0. The summed E-state index contributed by atoms with van der Waals surface area (Å²) in [5, 5.41) is 8.68. The first-order valence-corrected chi connectivity index (χ1v) is 7.40. The number of hydrogen-bond donors (Lipinski definition) is 1. The second-order valence-corrected chi connectivity index (χ2v) is 5.36. The highest BCUT2D eigenvalue weighted by Crippen LogP contribution is 2.23. The molecule has 0 unspecified atom stereocenters. The van der Waals surface area contributed by atoms with Gasteiger partial charge in [-0.2, -0.15) is 5.10 Å². The molecule has 1 aromatic carbocycles. The molecule has 0 amide bonds. The third kappa shape index (κ3) is 3.22. The zero-order valence-corrected chi connectivity index (χ0v) is 13.3. The first-order valence-electron chi connectivity index (χ1n) is 7.40. The molecule has 0 bridgehead atoms. The van der Waals surface area contributed by atoms with Crippen molar-refractivity contribution < 1.29 is 0 Å². The van der Waals surface area contributed by atoms with Gasteiger partial charge in [0.05, 0.1) is 5.69 Å². The second kappa shape index (κ2) is 6.68. The van der Waals surface area contributed by atoms with Gasteiger partial charge in [0.15, 0.2) is 5.82 Å². The number of benzene rings is 1. The van der Waals surface area contributed by atoms with Crippen molar-refractivity contribution in [3.8, 4) is 0 Å². The van der Waals surface area contributed by atoms with Crippen LogP contribution in [0.1, 0.15) is 34.9 Å². The van der Waals surface area contributed by atoms with Gasteiger partial charge in [0, 0.05) is 25.2 Å². The Morgan fingerprint density at radius 3 is 2.43 bits per heavy atom. The summed E-state index contributed by atoms with van der Waals surface area (Å²) in [5.41, 5.74) is 11.7. The van der Waals surface area contributed by atoms with Crippen LogP contribution < -0.4 is 10.6 Å². The summed E-state index contributed by atoms with van der Waals surface area (Å²) in [6.45, 7) is 10.5. The Kier molecular flexibility index (Phi) is 4.91. The molecule has 4 heteroatoms. The quantitative estimate of drug-likeness (QED) is 0.917. The van der Waals surface area contributed by atoms with E-state index in [1.165, 1.54) is 11.1 Å². The minimum absolute atomic E-state index is 0.488. The molecule has 0 radical (unpaired) electrons. The van der Waals surface area contributed by atoms with Crippen LogP contribution in [0.25, 0.3) is 0 Å². The highest BCUT2D eigenvalue weighted by Gasteiger charge is 2.16. The van der Waals surface area contributed by atoms with Crippen molar-refractivity contribution in [3.05, 3.63) is 52.2 Å². The van der Waals surface area contributed by atoms with E-state index in [0.717, 1.165) is 35.7 Å². The van der Waals surface area contributed by atoms with E-state index in [1.54, 1.807) is 0 Å². The third-order valence-corrected chi connectivity index (χ3v) is 4.07. The Morgan fingerprint density at radius 1 is 1.10 bits per heavy atom. The van der Waals surface area contributed by atoms with Crippen LogP contribution in [-0.2, 0) is 13.1 Å². The molecule has 21 heavy (non-hydrogen) atoms. The molecule has 0 saturated carbocycles. The molecule has 1 aromatic heterocycles. The first-order chi connectivity index (χ1) is 10.1. The molecule has 1 heterocycles. The number of aromatic nitrogens is 2. The van der Waals surface area contributed by atoms with E-state index in [1.807, 2.05) is 6.92 Å². The Labute approximate surface area is 127 Å². The van der Waals surface area contributed by atoms with E-state index in [0.29, 0.717) is 6.54 Å². The standard InChI is InChI=1S/C17H24N4/c1-5-21(11-15-9-7-6-8-12(15)2)17-16(10-18)13(3)14(4)19-20-17/h6-9H,5,10-11,18H2,1-4H3. The van der Waals surface area contributed by atoms with Crippen LogP contribution >= 0.6 is 0 Å². The molecule has 2 aromatic rings. The smallest absolute Gasteiger partial charge is 0.156 e. The molecule has 0 spiro atoms. The van der Waals surface area contributed by atoms with E-state index in [2.05, 4.69) is 60.1 Å². The maximum Gasteiger partial charge on any atom is 0.156 e. The molecular formula is C17H24N4. The van der Waals surface area contributed by atoms with Gasteiger partial charge in [0.2, 0.25) is 0 Å². The van der Waals surface area contributed by atoms with E-state index in [4.69, 9.17) is 5.73 Å². The zero-order valence-electron chi connectivity index (χ0n) is 13.3. The van der Waals surface area contributed by atoms with Crippen molar-refractivity contribution in [3.63, 3.8) is 0 Å². The summed E-state index contributed by atoms with van der Waals surface area (Å²) in [6, 6.07) is 8.44. The van der Waals surface area contributed by atoms with Gasteiger partial charge in [0.1, 0.15) is 0 Å². The first kappa shape index (κ1) is 15.4. The second-order valence-electron chi connectivity index (χ2n) is 5.36. The van der Waals surface area contributed by atoms with Gasteiger partial charge in [0.25, 0.3) is 0 Å². The maximum absolute atomic E-state index is 5.94. The molecule has 0 saturated heterocycles. The van der Waals surface area contributed by atoms with Crippen LogP contribution in [-0.4, -0.2) is 16.7 Å². The minimum Gasteiger partial charge on any atom is -0.351 e. The van der Waals surface area contributed by atoms with Crippen molar-refractivity contribution in [1.29, 1.82) is 0 Å². The van der Waals surface area contributed by atoms with Crippen molar-refractivity contribution in [2.75, 3.05) is 11.4 Å². The molecule has 112 valence electrons. The average molecular weight is 284 g/mol. The zero-order chi connectivity index (χ0) is 15.4. The van der Waals surface area contributed by atoms with Crippen LogP contribution in [0.15, 0.2) is 24.3 Å². The molecule has 2 rings (SSSR count). The Balaban J connectivity index is 2.38. The van der Waals surface area contributed by atoms with Gasteiger partial charge < -0.3 is 10.6 Å². The monoisotopic (exact) mass is 284 g/mol. The van der Waals surface area contributed by atoms with Crippen LogP contribution in [0.5, 0.6) is 0 Å². The fourth-order valence-electron chi connectivity index (χ4n) is 2.47. The maximum atomic E-state index is 5.94. The molecule has 0 fully saturated rings. The molecule has 0 atom stereocenters. The highest BCUT2D eigenvalue weighted by atomic mass is 15.3. The minimum atomic E-state index is 0.488. The van der Waals surface area contributed by atoms with E-state index < -0.39 is 0 Å². The lowest BCUT2D eigenvalue weighted by Crippen LogP contribution is -2.26. The van der Waals surface area contributed by atoms with Crippen LogP contribution in [0.4, 0.5) is 5.82 Å². The summed E-state index contributed by atoms with van der Waals surface area (Å²) in [6.07, 6.45) is 0. The number of aryl methyl sites for hydroxylation is 2. The van der Waals surface area contributed by atoms with E-state index in [-0.39, 0.29) is 0 Å². The Bertz CT molecular complexity index is 622. The Morgan fingerprint density at radius 2 is 1.81 bits per heavy atom. The van der Waals surface area contributed by atoms with E-state index >= 15 is 0 Å². The third-order valence-electron chi connectivity index (χ3n) is 4.07. The lowest BCUT2D eigenvalue weighted by Gasteiger charge is -2.25. The van der Waals surface area contributed by atoms with Crippen molar-refractivity contribution in [2.24, 2.45) is 5.73 Å². The average Bonchev–Trinajstić information content (AvgIpc) is 2.49. The van der Waals surface area contributed by atoms with Gasteiger partial charge in [-0.15, -0.1) is 5.10 Å². The van der Waals surface area contributed by atoms with E-state index in [9.17, 15) is 0 Å². The van der Waals surface area contributed by atoms with Gasteiger partial charge in [-0.3, -0.25) is 0 Å². The number of anilines is 1. The topological polar surface area (TPSA) is 55.0 Å². The van der Waals surface area contributed by atoms with Gasteiger partial charge >= 0.3 is 0 Å². The molecule has 2 N–H and O–H groups in total. The normalized spacial score (nSPS) is 10.7. The summed E-state index contributed by atoms with van der Waals surface area (Å²) >= 11 is 0. The van der Waals surface area contributed by atoms with Crippen molar-refractivity contribution >= 4 is 5.82 Å². The van der Waals surface area contributed by atoms with Gasteiger partial charge in [-0.05, 0) is 44.4 Å². The molecular weight excluding hydrogens is 260 g/mol. The fourth-order valence-corrected chi connectivity index (χ4v) is 2.47. The summed E-state index contributed by atoms with van der Waals surface area (Å²) in [5.74, 6) is 0.909. The summed E-state index contributed by atoms with van der Waals surface area (Å²) in [4.78, 5) is 2.24. The molecule has 4 nitrogen and oxygen atoms in total. The van der Waals surface area contributed by atoms with Crippen molar-refractivity contribution in [1.82, 2.24) is 10.2 Å². The predicted octanol–water partition coefficient (Wildman–Crippen LogP) is 2.89. The SMILES string of the molecule is CCN(Cc1ccccc1C)c1nnc(C)c(C)c1CN. The van der Waals surface area contributed by atoms with Crippen LogP contribution in [0.3, 0.4) is 0 Å². The lowest BCUT2D eigenvalue weighted by molar-refractivity contribution is 0.769. The number of nitrogens with two attached hydrogens (primary N) is 1. The predicted molar refractivity (Wildman–Crippen MR) is 87.3 cm³/mol. The van der Waals surface area contributed by atoms with Gasteiger partial charge in [-0.1, -0.05) is 24.3 Å². The van der Waals surface area contributed by atoms with Gasteiger partial charge in [-0.25, -0.2) is 0 Å². The Hall–Kier alpha value is -1.94. The fraction of sp³-hybridized carbons (Fsp3) is 0.412. The molecule has 0 aliphatic carbocycles. The number of rotatable bonds is 5. The highest BCUT2D eigenvalue weighted by molar-refractivity contribution is 5.51. The summed E-state index contributed by atoms with van der Waals surface area (Å²) < 4.78 is 0. The largest absolute Gasteiger partial charge is 0.351 e. The van der Waals surface area contributed by atoms with Crippen LogP contribution in [0.2, 0.25) is 0 Å². The molecule has 0 aliphatic heterocycles.